The molecule has 110 valence electrons. The van der Waals surface area contributed by atoms with E-state index in [1.54, 1.807) is 0 Å². The van der Waals surface area contributed by atoms with Gasteiger partial charge in [0.05, 0.1) is 0 Å². The summed E-state index contributed by atoms with van der Waals surface area (Å²) in [7, 11) is -2.96. The Balaban J connectivity index is 3.22. The van der Waals surface area contributed by atoms with Crippen molar-refractivity contribution in [2.75, 3.05) is 0 Å². The molecule has 0 aliphatic heterocycles. The molecule has 0 saturated carbocycles. The average Bonchev–Trinajstić information content (AvgIpc) is 2.62. The van der Waals surface area contributed by atoms with Crippen LogP contribution in [0.15, 0.2) is 18.7 Å². The summed E-state index contributed by atoms with van der Waals surface area (Å²) in [6, 6.07) is 0. The van der Waals surface area contributed by atoms with E-state index in [1.165, 1.54) is 0 Å². The summed E-state index contributed by atoms with van der Waals surface area (Å²) in [6.07, 6.45) is 6.99. The summed E-state index contributed by atoms with van der Waals surface area (Å²) in [6.45, 7) is 24.1. The second-order valence-electron chi connectivity index (χ2n) is 8.85. The van der Waals surface area contributed by atoms with Gasteiger partial charge in [0.25, 0.3) is 16.5 Å². The van der Waals surface area contributed by atoms with Crippen LogP contribution in [0.3, 0.4) is 0 Å². The van der Waals surface area contributed by atoms with Crippen molar-refractivity contribution in [1.29, 1.82) is 0 Å². The highest BCUT2D eigenvalue weighted by atomic mass is 28.3. The largest absolute Gasteiger partial charge is 0.288 e. The van der Waals surface area contributed by atoms with E-state index in [-0.39, 0.29) is 0 Å². The lowest BCUT2D eigenvalue weighted by Gasteiger charge is -2.34. The summed E-state index contributed by atoms with van der Waals surface area (Å²) in [5.74, 6) is 0. The molecule has 2 nitrogen and oxygen atoms in total. The number of rotatable bonds is 2. The molecule has 19 heavy (non-hydrogen) atoms. The molecule has 1 aromatic heterocycles. The van der Waals surface area contributed by atoms with Gasteiger partial charge in [-0.05, 0) is 36.3 Å². The molecule has 0 amide bonds. The quantitative estimate of drug-likeness (QED) is 0.712. The third-order valence-electron chi connectivity index (χ3n) is 5.60. The van der Waals surface area contributed by atoms with Crippen LogP contribution >= 0.6 is 0 Å². The average molecular weight is 298 g/mol. The summed E-state index contributed by atoms with van der Waals surface area (Å²) < 4.78 is 5.04. The topological polar surface area (TPSA) is 8.81 Å². The highest BCUT2D eigenvalue weighted by Gasteiger charge is 2.46. The predicted octanol–water partition coefficient (Wildman–Crippen LogP) is 4.48. The summed E-state index contributed by atoms with van der Waals surface area (Å²) >= 11 is 0. The van der Waals surface area contributed by atoms with Crippen molar-refractivity contribution in [3.8, 4) is 0 Å². The van der Waals surface area contributed by atoms with Crippen LogP contribution in [0.5, 0.6) is 0 Å². The van der Waals surface area contributed by atoms with Gasteiger partial charge < -0.3 is 0 Å². The molecule has 0 spiro atoms. The van der Waals surface area contributed by atoms with Gasteiger partial charge in [-0.3, -0.25) is 8.47 Å². The second kappa shape index (κ2) is 4.59. The molecule has 0 aliphatic carbocycles. The molecule has 0 fully saturated rings. The van der Waals surface area contributed by atoms with Gasteiger partial charge in [-0.1, -0.05) is 41.5 Å². The van der Waals surface area contributed by atoms with E-state index in [1.807, 2.05) is 0 Å². The van der Waals surface area contributed by atoms with Crippen LogP contribution in [0.1, 0.15) is 41.5 Å². The first-order valence-electron chi connectivity index (χ1n) is 7.31. The summed E-state index contributed by atoms with van der Waals surface area (Å²) in [4.78, 5) is 0. The van der Waals surface area contributed by atoms with Gasteiger partial charge in [0, 0.05) is 0 Å². The smallest absolute Gasteiger partial charge is 0.265 e. The molecule has 0 aromatic carbocycles. The summed E-state index contributed by atoms with van der Waals surface area (Å²) in [5, 5.41) is 0.745. The second-order valence-corrected chi connectivity index (χ2v) is 19.1. The van der Waals surface area contributed by atoms with Crippen LogP contribution in [0.25, 0.3) is 0 Å². The van der Waals surface area contributed by atoms with Crippen molar-refractivity contribution in [2.24, 2.45) is 0 Å². The Hall–Kier alpha value is -0.356. The van der Waals surface area contributed by atoms with E-state index >= 15 is 0 Å². The first kappa shape index (κ1) is 16.7. The maximum atomic E-state index is 2.52. The highest BCUT2D eigenvalue weighted by Crippen LogP contribution is 2.37. The fourth-order valence-corrected chi connectivity index (χ4v) is 5.16. The molecule has 4 heteroatoms. The molecule has 0 N–H and O–H groups in total. The molecule has 0 atom stereocenters. The fourth-order valence-electron chi connectivity index (χ4n) is 1.79. The van der Waals surface area contributed by atoms with Gasteiger partial charge in [-0.25, -0.2) is 0 Å². The number of imidazole rings is 1. The Morgan fingerprint density at radius 3 is 1.68 bits per heavy atom. The maximum Gasteiger partial charge on any atom is 0.265 e. The van der Waals surface area contributed by atoms with Crippen LogP contribution in [0, 0.1) is 0 Å². The standard InChI is InChI=1S/C15H33N2Si2/c1-14(2,3)18(7,8)16-11-12-17(13-16)19(9,10)15(4,5)6/h11-13H,1-10H3/q+1. The molecule has 0 saturated heterocycles. The molecule has 1 aromatic rings. The van der Waals surface area contributed by atoms with Gasteiger partial charge in [0.2, 0.25) is 6.33 Å². The van der Waals surface area contributed by atoms with Gasteiger partial charge in [0.15, 0.2) is 0 Å². The van der Waals surface area contributed by atoms with E-state index < -0.39 is 16.5 Å². The van der Waals surface area contributed by atoms with Crippen LogP contribution < -0.4 is 4.23 Å². The number of hydrogen-bond donors (Lipinski definition) is 0. The Morgan fingerprint density at radius 2 is 1.32 bits per heavy atom. The van der Waals surface area contributed by atoms with Crippen molar-refractivity contribution >= 4 is 16.5 Å². The molecule has 0 unspecified atom stereocenters. The van der Waals surface area contributed by atoms with Gasteiger partial charge in [-0.2, -0.15) is 0 Å². The Kier molecular flexibility index (Phi) is 4.03. The maximum absolute atomic E-state index is 2.52. The van der Waals surface area contributed by atoms with Crippen molar-refractivity contribution in [2.45, 2.75) is 77.8 Å². The Labute approximate surface area is 122 Å². The van der Waals surface area contributed by atoms with Crippen molar-refractivity contribution in [1.82, 2.24) is 4.23 Å². The van der Waals surface area contributed by atoms with E-state index in [4.69, 9.17) is 0 Å². The SMILES string of the molecule is CC(C)(C)[Si](C)(C)n1cc[n+]([Si](C)(C)C(C)(C)C)c1. The van der Waals surface area contributed by atoms with Gasteiger partial charge >= 0.3 is 0 Å². The van der Waals surface area contributed by atoms with E-state index in [0.717, 1.165) is 0 Å². The Bertz CT molecular complexity index is 405. The molecular formula is C15H33N2Si2+. The van der Waals surface area contributed by atoms with Crippen molar-refractivity contribution in [3.63, 3.8) is 0 Å². The molecule has 1 heterocycles. The van der Waals surface area contributed by atoms with Crippen molar-refractivity contribution in [3.05, 3.63) is 18.7 Å². The van der Waals surface area contributed by atoms with Crippen LogP contribution in [-0.4, -0.2) is 20.7 Å². The lowest BCUT2D eigenvalue weighted by atomic mass is 10.2. The molecular weight excluding hydrogens is 264 g/mol. The van der Waals surface area contributed by atoms with Gasteiger partial charge in [0.1, 0.15) is 12.4 Å². The third-order valence-corrected chi connectivity index (χ3v) is 16.1. The minimum Gasteiger partial charge on any atom is -0.288 e. The fraction of sp³-hybridized carbons (Fsp3) is 0.800. The van der Waals surface area contributed by atoms with Crippen LogP contribution in [0.2, 0.25) is 36.3 Å². The number of hydrogen-bond acceptors (Lipinski definition) is 0. The molecule has 0 bridgehead atoms. The van der Waals surface area contributed by atoms with E-state index in [0.29, 0.717) is 10.1 Å². The monoisotopic (exact) mass is 297 g/mol. The highest BCUT2D eigenvalue weighted by molar-refractivity contribution is 6.78. The van der Waals surface area contributed by atoms with Crippen LogP contribution in [-0.2, 0) is 0 Å². The predicted molar refractivity (Wildman–Crippen MR) is 89.8 cm³/mol. The van der Waals surface area contributed by atoms with Crippen LogP contribution in [0.4, 0.5) is 0 Å². The van der Waals surface area contributed by atoms with Crippen molar-refractivity contribution < 1.29 is 4.23 Å². The minimum absolute atomic E-state index is 0.372. The number of nitrogens with zero attached hydrogens (tertiary/aromatic N) is 2. The third kappa shape index (κ3) is 2.89. The first-order chi connectivity index (χ1) is 8.21. The zero-order valence-corrected chi connectivity index (χ0v) is 16.6. The van der Waals surface area contributed by atoms with E-state index in [2.05, 4.69) is 94.9 Å². The molecule has 0 radical (unpaired) electrons. The Morgan fingerprint density at radius 1 is 0.842 bits per heavy atom. The minimum atomic E-state index is -1.48. The lowest BCUT2D eigenvalue weighted by molar-refractivity contribution is -0.548. The molecule has 1 rings (SSSR count). The zero-order valence-electron chi connectivity index (χ0n) is 14.6. The summed E-state index contributed by atoms with van der Waals surface area (Å²) in [5.41, 5.74) is 0. The molecule has 0 aliphatic rings. The lowest BCUT2D eigenvalue weighted by Crippen LogP contribution is -2.64. The first-order valence-corrected chi connectivity index (χ1v) is 13.2. The zero-order chi connectivity index (χ0) is 15.3. The van der Waals surface area contributed by atoms with Gasteiger partial charge in [-0.15, -0.1) is 0 Å². The van der Waals surface area contributed by atoms with E-state index in [9.17, 15) is 0 Å². The number of aromatic nitrogens is 2. The normalized spacial score (nSPS) is 14.8.